The van der Waals surface area contributed by atoms with E-state index in [0.29, 0.717) is 10.5 Å². The zero-order chi connectivity index (χ0) is 25.5. The van der Waals surface area contributed by atoms with Crippen LogP contribution in [0.5, 0.6) is 6.01 Å². The monoisotopic (exact) mass is 516 g/mol. The van der Waals surface area contributed by atoms with Gasteiger partial charge in [-0.3, -0.25) is 5.10 Å². The van der Waals surface area contributed by atoms with Crippen LogP contribution < -0.4 is 4.74 Å². The first-order valence-corrected chi connectivity index (χ1v) is 12.4. The fourth-order valence-corrected chi connectivity index (χ4v) is 4.87. The molecule has 0 aliphatic carbocycles. The second-order valence-electron chi connectivity index (χ2n) is 9.17. The highest BCUT2D eigenvalue weighted by molar-refractivity contribution is 6.34. The lowest BCUT2D eigenvalue weighted by molar-refractivity contribution is -0.00390. The zero-order valence-corrected chi connectivity index (χ0v) is 20.7. The second kappa shape index (κ2) is 9.64. The van der Waals surface area contributed by atoms with Gasteiger partial charge in [-0.1, -0.05) is 60.1 Å². The van der Waals surface area contributed by atoms with E-state index in [9.17, 15) is 10.2 Å². The first-order valence-electron chi connectivity index (χ1n) is 12.0. The van der Waals surface area contributed by atoms with Gasteiger partial charge in [0.05, 0.1) is 40.7 Å². The molecule has 37 heavy (non-hydrogen) atoms. The fourth-order valence-electron chi connectivity index (χ4n) is 4.60. The molecule has 0 bridgehead atoms. The third-order valence-corrected chi connectivity index (χ3v) is 6.97. The third kappa shape index (κ3) is 4.60. The Morgan fingerprint density at radius 2 is 1.68 bits per heavy atom. The molecular weight excluding hydrogens is 492 g/mol. The number of ether oxygens (including phenoxy) is 2. The SMILES string of the molecule is Cc1cc(-c2ccc(-c3ccc(-c4cc5nc(OC6CO[C@H](CO)C6O)[nH]c5cc4Cl)cc3)cc2)[nH]n1. The van der Waals surface area contributed by atoms with E-state index < -0.39 is 18.3 Å². The Morgan fingerprint density at radius 3 is 2.30 bits per heavy atom. The van der Waals surface area contributed by atoms with Crippen LogP contribution in [0.15, 0.2) is 66.7 Å². The summed E-state index contributed by atoms with van der Waals surface area (Å²) in [5.74, 6) is 0. The van der Waals surface area contributed by atoms with E-state index in [-0.39, 0.29) is 19.2 Å². The van der Waals surface area contributed by atoms with Crippen molar-refractivity contribution in [3.63, 3.8) is 0 Å². The van der Waals surface area contributed by atoms with Crippen molar-refractivity contribution in [3.05, 3.63) is 77.4 Å². The van der Waals surface area contributed by atoms with E-state index in [4.69, 9.17) is 21.1 Å². The van der Waals surface area contributed by atoms with E-state index in [0.717, 1.165) is 44.7 Å². The number of aliphatic hydroxyl groups excluding tert-OH is 2. The molecule has 1 aliphatic heterocycles. The van der Waals surface area contributed by atoms with Gasteiger partial charge in [0.15, 0.2) is 6.10 Å². The summed E-state index contributed by atoms with van der Waals surface area (Å²) in [5.41, 5.74) is 8.50. The predicted octanol–water partition coefficient (Wildman–Crippen LogP) is 4.75. The highest BCUT2D eigenvalue weighted by Crippen LogP contribution is 2.34. The molecule has 2 unspecified atom stereocenters. The van der Waals surface area contributed by atoms with E-state index >= 15 is 0 Å². The molecule has 3 heterocycles. The van der Waals surface area contributed by atoms with Crippen molar-refractivity contribution in [2.75, 3.05) is 13.2 Å². The van der Waals surface area contributed by atoms with Gasteiger partial charge in [-0.2, -0.15) is 10.1 Å². The molecule has 0 spiro atoms. The Labute approximate surface area is 217 Å². The minimum atomic E-state index is -0.929. The van der Waals surface area contributed by atoms with E-state index in [1.54, 1.807) is 0 Å². The lowest BCUT2D eigenvalue weighted by atomic mass is 9.99. The maximum Gasteiger partial charge on any atom is 0.295 e. The topological polar surface area (TPSA) is 116 Å². The lowest BCUT2D eigenvalue weighted by Crippen LogP contribution is -2.36. The Bertz CT molecular complexity index is 1550. The number of aliphatic hydroxyl groups is 2. The van der Waals surface area contributed by atoms with Crippen molar-refractivity contribution in [1.29, 1.82) is 0 Å². The molecule has 1 aliphatic rings. The number of benzene rings is 3. The van der Waals surface area contributed by atoms with Gasteiger partial charge in [0, 0.05) is 5.56 Å². The summed E-state index contributed by atoms with van der Waals surface area (Å²) in [5, 5.41) is 27.3. The van der Waals surface area contributed by atoms with Gasteiger partial charge in [0.2, 0.25) is 0 Å². The third-order valence-electron chi connectivity index (χ3n) is 6.66. The first-order chi connectivity index (χ1) is 18.0. The van der Waals surface area contributed by atoms with Crippen molar-refractivity contribution in [2.24, 2.45) is 0 Å². The number of nitrogens with one attached hydrogen (secondary N) is 2. The largest absolute Gasteiger partial charge is 0.456 e. The maximum atomic E-state index is 10.2. The number of hydrogen-bond donors (Lipinski definition) is 4. The number of H-pyrrole nitrogens is 2. The Hall–Kier alpha value is -3.69. The Morgan fingerprint density at radius 1 is 1.00 bits per heavy atom. The van der Waals surface area contributed by atoms with Crippen LogP contribution in [0.2, 0.25) is 5.02 Å². The van der Waals surface area contributed by atoms with Crippen molar-refractivity contribution < 1.29 is 19.7 Å². The van der Waals surface area contributed by atoms with Gasteiger partial charge in [-0.05, 0) is 47.4 Å². The average Bonchev–Trinajstić information content (AvgIpc) is 3.62. The number of fused-ring (bicyclic) bond motifs is 1. The molecule has 3 atom stereocenters. The van der Waals surface area contributed by atoms with Crippen molar-refractivity contribution in [1.82, 2.24) is 20.2 Å². The van der Waals surface area contributed by atoms with Crippen LogP contribution in [0.25, 0.3) is 44.5 Å². The van der Waals surface area contributed by atoms with Gasteiger partial charge in [-0.25, -0.2) is 0 Å². The molecule has 1 saturated heterocycles. The Kier molecular flexibility index (Phi) is 6.18. The van der Waals surface area contributed by atoms with E-state index in [1.165, 1.54) is 0 Å². The number of aromatic nitrogens is 4. The molecule has 8 nitrogen and oxygen atoms in total. The number of imidazole rings is 1. The van der Waals surface area contributed by atoms with Gasteiger partial charge >= 0.3 is 0 Å². The lowest BCUT2D eigenvalue weighted by Gasteiger charge is -2.15. The highest BCUT2D eigenvalue weighted by Gasteiger charge is 2.37. The predicted molar refractivity (Wildman–Crippen MR) is 142 cm³/mol. The summed E-state index contributed by atoms with van der Waals surface area (Å²) >= 11 is 6.63. The maximum absolute atomic E-state index is 10.2. The van der Waals surface area contributed by atoms with Gasteiger partial charge in [-0.15, -0.1) is 0 Å². The van der Waals surface area contributed by atoms with E-state index in [1.807, 2.05) is 37.3 Å². The van der Waals surface area contributed by atoms with Gasteiger partial charge in [0.25, 0.3) is 6.01 Å². The minimum absolute atomic E-state index is 0.174. The molecule has 0 amide bonds. The van der Waals surface area contributed by atoms with Crippen LogP contribution in [-0.4, -0.2) is 61.9 Å². The standard InChI is InChI=1S/C28H25ClN4O4/c1-15-10-22(33-32-15)19-8-4-17(5-9-19)16-2-6-18(7-3-16)20-11-23-24(12-21(20)29)31-28(30-23)37-26-14-36-25(13-34)27(26)35/h2-12,25-27,34-35H,13-14H2,1H3,(H,30,31)(H,32,33)/t25-,26?,27?/m1/s1. The summed E-state index contributed by atoms with van der Waals surface area (Å²) in [4.78, 5) is 7.61. The molecule has 188 valence electrons. The average molecular weight is 517 g/mol. The molecule has 1 fully saturated rings. The number of halogens is 1. The fraction of sp³-hybridized carbons (Fsp3) is 0.214. The molecule has 3 aromatic carbocycles. The van der Waals surface area contributed by atoms with Crippen molar-refractivity contribution in [2.45, 2.75) is 25.2 Å². The van der Waals surface area contributed by atoms with Crippen LogP contribution >= 0.6 is 11.6 Å². The molecule has 5 aromatic rings. The zero-order valence-electron chi connectivity index (χ0n) is 20.0. The quantitative estimate of drug-likeness (QED) is 0.259. The number of hydrogen-bond acceptors (Lipinski definition) is 6. The molecule has 9 heteroatoms. The van der Waals surface area contributed by atoms with Crippen molar-refractivity contribution >= 4 is 22.6 Å². The molecular formula is C28H25ClN4O4. The summed E-state index contributed by atoms with van der Waals surface area (Å²) in [6.45, 7) is 1.87. The summed E-state index contributed by atoms with van der Waals surface area (Å²) in [6, 6.07) is 22.6. The molecule has 0 radical (unpaired) electrons. The van der Waals surface area contributed by atoms with Crippen LogP contribution in [0, 0.1) is 6.92 Å². The number of aryl methyl sites for hydroxylation is 1. The second-order valence-corrected chi connectivity index (χ2v) is 9.58. The highest BCUT2D eigenvalue weighted by atomic mass is 35.5. The molecule has 0 saturated carbocycles. The van der Waals surface area contributed by atoms with Crippen LogP contribution in [0.3, 0.4) is 0 Å². The van der Waals surface area contributed by atoms with Crippen molar-refractivity contribution in [3.8, 4) is 39.5 Å². The Balaban J connectivity index is 1.22. The summed E-state index contributed by atoms with van der Waals surface area (Å²) in [6.07, 6.45) is -2.20. The number of rotatable bonds is 6. The molecule has 2 aromatic heterocycles. The van der Waals surface area contributed by atoms with Gasteiger partial charge < -0.3 is 24.7 Å². The number of aromatic amines is 2. The smallest absolute Gasteiger partial charge is 0.295 e. The van der Waals surface area contributed by atoms with Crippen LogP contribution in [0.1, 0.15) is 5.69 Å². The normalized spacial score (nSPS) is 19.5. The van der Waals surface area contributed by atoms with Crippen LogP contribution in [0.4, 0.5) is 0 Å². The summed E-state index contributed by atoms with van der Waals surface area (Å²) in [7, 11) is 0. The van der Waals surface area contributed by atoms with E-state index in [2.05, 4.69) is 56.6 Å². The number of nitrogens with zero attached hydrogens (tertiary/aromatic N) is 2. The summed E-state index contributed by atoms with van der Waals surface area (Å²) < 4.78 is 11.1. The van der Waals surface area contributed by atoms with Crippen LogP contribution in [-0.2, 0) is 4.74 Å². The molecule has 6 rings (SSSR count). The minimum Gasteiger partial charge on any atom is -0.456 e. The first kappa shape index (κ1) is 23.7. The molecule has 4 N–H and O–H groups in total. The van der Waals surface area contributed by atoms with Gasteiger partial charge in [0.1, 0.15) is 12.2 Å².